The number of hydrogen-bond acceptors (Lipinski definition) is 4. The molecule has 0 heterocycles. The van der Waals surface area contributed by atoms with Gasteiger partial charge in [-0.1, -0.05) is 42.5 Å². The predicted molar refractivity (Wildman–Crippen MR) is 85.8 cm³/mol. The Morgan fingerprint density at radius 1 is 1.22 bits per heavy atom. The molecule has 0 aromatic heterocycles. The fraction of sp³-hybridized carbons (Fsp3) is 0.500. The van der Waals surface area contributed by atoms with Crippen LogP contribution >= 0.6 is 0 Å². The largest absolute Gasteiger partial charge is 0.481 e. The lowest BCUT2D eigenvalue weighted by Crippen LogP contribution is -2.23. The fourth-order valence-corrected chi connectivity index (χ4v) is 3.18. The lowest BCUT2D eigenvalue weighted by molar-refractivity contribution is -0.139. The van der Waals surface area contributed by atoms with Crippen molar-refractivity contribution in [3.05, 3.63) is 48.0 Å². The molecule has 1 aromatic carbocycles. The number of carbonyl (C=O) groups is 1. The standard InChI is InChI=1S/C18H24O5/c19-13(7-6-12-4-2-1-3-5-12)8-9-14-15(10-18(22)23)17(21)11-16(14)20/h1-5,8-9,13-17,19-21H,6-7,10-11H2,(H,22,23)/t13-,14+,15+,16+,17-/m0/s1. The molecule has 0 radical (unpaired) electrons. The van der Waals surface area contributed by atoms with E-state index in [0.717, 1.165) is 12.0 Å². The Morgan fingerprint density at radius 2 is 1.91 bits per heavy atom. The van der Waals surface area contributed by atoms with Crippen molar-refractivity contribution in [1.29, 1.82) is 0 Å². The van der Waals surface area contributed by atoms with E-state index >= 15 is 0 Å². The zero-order valence-corrected chi connectivity index (χ0v) is 13.0. The molecular formula is C18H24O5. The first-order valence-electron chi connectivity index (χ1n) is 7.95. The molecule has 1 aliphatic carbocycles. The van der Waals surface area contributed by atoms with Gasteiger partial charge in [0, 0.05) is 18.3 Å². The first kappa shape index (κ1) is 17.7. The molecule has 0 saturated heterocycles. The van der Waals surface area contributed by atoms with E-state index in [9.17, 15) is 20.1 Å². The molecule has 0 aliphatic heterocycles. The Morgan fingerprint density at radius 3 is 2.57 bits per heavy atom. The van der Waals surface area contributed by atoms with E-state index in [0.29, 0.717) is 6.42 Å². The lowest BCUT2D eigenvalue weighted by atomic mass is 9.90. The van der Waals surface area contributed by atoms with Crippen LogP contribution in [0.1, 0.15) is 24.8 Å². The number of aliphatic hydroxyl groups excluding tert-OH is 3. The van der Waals surface area contributed by atoms with E-state index in [1.54, 1.807) is 12.2 Å². The minimum absolute atomic E-state index is 0.174. The van der Waals surface area contributed by atoms with Gasteiger partial charge in [-0.25, -0.2) is 0 Å². The van der Waals surface area contributed by atoms with Crippen molar-refractivity contribution < 1.29 is 25.2 Å². The maximum atomic E-state index is 10.9. The fourth-order valence-electron chi connectivity index (χ4n) is 3.18. The summed E-state index contributed by atoms with van der Waals surface area (Å²) in [6, 6.07) is 9.83. The van der Waals surface area contributed by atoms with Gasteiger partial charge < -0.3 is 20.4 Å². The lowest BCUT2D eigenvalue weighted by Gasteiger charge is -2.19. The van der Waals surface area contributed by atoms with Gasteiger partial charge in [-0.2, -0.15) is 0 Å². The van der Waals surface area contributed by atoms with E-state index in [4.69, 9.17) is 5.11 Å². The molecule has 0 spiro atoms. The summed E-state index contributed by atoms with van der Waals surface area (Å²) in [5.41, 5.74) is 1.14. The van der Waals surface area contributed by atoms with E-state index in [1.165, 1.54) is 0 Å². The minimum Gasteiger partial charge on any atom is -0.481 e. The number of benzene rings is 1. The number of hydrogen-bond donors (Lipinski definition) is 4. The summed E-state index contributed by atoms with van der Waals surface area (Å²) in [6.45, 7) is 0. The van der Waals surface area contributed by atoms with Gasteiger partial charge in [0.2, 0.25) is 0 Å². The number of aryl methyl sites for hydroxylation is 1. The summed E-state index contributed by atoms with van der Waals surface area (Å²) >= 11 is 0. The van der Waals surface area contributed by atoms with Crippen molar-refractivity contribution in [3.8, 4) is 0 Å². The second kappa shape index (κ2) is 8.24. The molecule has 126 valence electrons. The molecule has 5 heteroatoms. The van der Waals surface area contributed by atoms with Crippen molar-refractivity contribution >= 4 is 5.97 Å². The van der Waals surface area contributed by atoms with Gasteiger partial charge in [0.15, 0.2) is 0 Å². The molecule has 5 nitrogen and oxygen atoms in total. The molecule has 23 heavy (non-hydrogen) atoms. The quantitative estimate of drug-likeness (QED) is 0.569. The Kier molecular flexibility index (Phi) is 6.33. The summed E-state index contributed by atoms with van der Waals surface area (Å²) in [5.74, 6) is -1.95. The normalized spacial score (nSPS) is 29.0. The highest BCUT2D eigenvalue weighted by atomic mass is 16.4. The third-order valence-electron chi connectivity index (χ3n) is 4.45. The van der Waals surface area contributed by atoms with Crippen molar-refractivity contribution in [2.45, 2.75) is 44.0 Å². The summed E-state index contributed by atoms with van der Waals surface area (Å²) < 4.78 is 0. The van der Waals surface area contributed by atoms with Crippen molar-refractivity contribution in [2.75, 3.05) is 0 Å². The molecule has 1 saturated carbocycles. The van der Waals surface area contributed by atoms with Gasteiger partial charge in [-0.15, -0.1) is 0 Å². The van der Waals surface area contributed by atoms with Crippen molar-refractivity contribution in [1.82, 2.24) is 0 Å². The SMILES string of the molecule is O=C(O)C[C@@H]1[C@@H](C=C[C@@H](O)CCc2ccccc2)[C@H](O)C[C@@H]1O. The van der Waals surface area contributed by atoms with Crippen LogP contribution in [0.3, 0.4) is 0 Å². The summed E-state index contributed by atoms with van der Waals surface area (Å²) in [4.78, 5) is 10.9. The second-order valence-electron chi connectivity index (χ2n) is 6.19. The number of rotatable bonds is 7. The van der Waals surface area contributed by atoms with Crippen LogP contribution in [-0.2, 0) is 11.2 Å². The maximum Gasteiger partial charge on any atom is 0.303 e. The van der Waals surface area contributed by atoms with Crippen LogP contribution in [0, 0.1) is 11.8 Å². The van der Waals surface area contributed by atoms with E-state index < -0.39 is 36.1 Å². The van der Waals surface area contributed by atoms with Gasteiger partial charge in [0.1, 0.15) is 0 Å². The molecule has 1 aliphatic rings. The second-order valence-corrected chi connectivity index (χ2v) is 6.19. The molecular weight excluding hydrogens is 296 g/mol. The predicted octanol–water partition coefficient (Wildman–Crippen LogP) is 1.37. The van der Waals surface area contributed by atoms with Gasteiger partial charge in [0.25, 0.3) is 0 Å². The van der Waals surface area contributed by atoms with Crippen LogP contribution in [0.4, 0.5) is 0 Å². The highest BCUT2D eigenvalue weighted by Gasteiger charge is 2.41. The Balaban J connectivity index is 1.90. The Bertz CT molecular complexity index is 527. The first-order valence-corrected chi connectivity index (χ1v) is 7.95. The molecule has 0 amide bonds. The number of aliphatic carboxylic acids is 1. The zero-order valence-electron chi connectivity index (χ0n) is 13.0. The van der Waals surface area contributed by atoms with E-state index in [2.05, 4.69) is 0 Å². The number of aliphatic hydroxyl groups is 3. The first-order chi connectivity index (χ1) is 11.0. The molecule has 2 rings (SSSR count). The number of carboxylic acids is 1. The maximum absolute atomic E-state index is 10.9. The zero-order chi connectivity index (χ0) is 16.8. The summed E-state index contributed by atoms with van der Waals surface area (Å²) in [5, 5.41) is 38.8. The van der Waals surface area contributed by atoms with Crippen LogP contribution in [0.5, 0.6) is 0 Å². The van der Waals surface area contributed by atoms with Crippen LogP contribution < -0.4 is 0 Å². The van der Waals surface area contributed by atoms with Gasteiger partial charge in [-0.3, -0.25) is 4.79 Å². The summed E-state index contributed by atoms with van der Waals surface area (Å²) in [6.07, 6.45) is 2.28. The molecule has 1 fully saturated rings. The average Bonchev–Trinajstić information content (AvgIpc) is 2.77. The van der Waals surface area contributed by atoms with E-state index in [1.807, 2.05) is 30.3 Å². The average molecular weight is 320 g/mol. The molecule has 0 bridgehead atoms. The smallest absolute Gasteiger partial charge is 0.303 e. The van der Waals surface area contributed by atoms with Crippen LogP contribution in [0.15, 0.2) is 42.5 Å². The topological polar surface area (TPSA) is 98.0 Å². The van der Waals surface area contributed by atoms with Gasteiger partial charge >= 0.3 is 5.97 Å². The van der Waals surface area contributed by atoms with Crippen molar-refractivity contribution in [3.63, 3.8) is 0 Å². The van der Waals surface area contributed by atoms with Crippen LogP contribution in [0.25, 0.3) is 0 Å². The third-order valence-corrected chi connectivity index (χ3v) is 4.45. The van der Waals surface area contributed by atoms with Gasteiger partial charge in [-0.05, 0) is 18.4 Å². The van der Waals surface area contributed by atoms with E-state index in [-0.39, 0.29) is 12.8 Å². The van der Waals surface area contributed by atoms with Gasteiger partial charge in [0.05, 0.1) is 24.7 Å². The Labute approximate surface area is 135 Å². The summed E-state index contributed by atoms with van der Waals surface area (Å²) in [7, 11) is 0. The van der Waals surface area contributed by atoms with Crippen LogP contribution in [0.2, 0.25) is 0 Å². The van der Waals surface area contributed by atoms with Crippen molar-refractivity contribution in [2.24, 2.45) is 11.8 Å². The van der Waals surface area contributed by atoms with Crippen LogP contribution in [-0.4, -0.2) is 44.7 Å². The Hall–Kier alpha value is -1.69. The highest BCUT2D eigenvalue weighted by Crippen LogP contribution is 2.36. The number of carboxylic acid groups (broad SMARTS) is 1. The molecule has 5 atom stereocenters. The minimum atomic E-state index is -0.994. The molecule has 1 aromatic rings. The third kappa shape index (κ3) is 5.16. The molecule has 0 unspecified atom stereocenters. The highest BCUT2D eigenvalue weighted by molar-refractivity contribution is 5.67. The molecule has 4 N–H and O–H groups in total. The monoisotopic (exact) mass is 320 g/mol.